The van der Waals surface area contributed by atoms with Gasteiger partial charge in [-0.3, -0.25) is 31.4 Å². The summed E-state index contributed by atoms with van der Waals surface area (Å²) < 4.78 is 86.4. The maximum atomic E-state index is 13.8. The molecule has 0 spiro atoms. The molecule has 0 aromatic carbocycles. The normalized spacial score (nSPS) is 39.4. The monoisotopic (exact) mass is 675 g/mol. The third-order valence-electron chi connectivity index (χ3n) is 9.79. The number of rotatable bonds is 8. The minimum Gasteiger partial charge on any atom is -0.597 e. The van der Waals surface area contributed by atoms with Crippen LogP contribution in [0.25, 0.3) is 0 Å². The summed E-state index contributed by atoms with van der Waals surface area (Å²) in [6.45, 7) is 1.57. The molecule has 3 aliphatic heterocycles. The van der Waals surface area contributed by atoms with Gasteiger partial charge in [0.05, 0.1) is 5.38 Å². The minimum atomic E-state index is -4.51. The Balaban J connectivity index is 1.13. The Morgan fingerprint density at radius 3 is 2.30 bits per heavy atom. The zero-order valence-electron chi connectivity index (χ0n) is 25.0. The van der Waals surface area contributed by atoms with Crippen molar-refractivity contribution in [3.8, 4) is 0 Å². The fraction of sp³-hybridized carbons (Fsp3) is 0.963. The number of sulfonamides is 1. The van der Waals surface area contributed by atoms with E-state index in [-0.39, 0.29) is 30.0 Å². The fourth-order valence-electron chi connectivity index (χ4n) is 7.55. The molecule has 17 heteroatoms. The van der Waals surface area contributed by atoms with Gasteiger partial charge in [0.1, 0.15) is 41.0 Å². The van der Waals surface area contributed by atoms with Crippen LogP contribution in [0.2, 0.25) is 0 Å². The summed E-state index contributed by atoms with van der Waals surface area (Å²) in [5.41, 5.74) is 0. The number of piperidine rings is 2. The van der Waals surface area contributed by atoms with Crippen molar-refractivity contribution in [1.29, 1.82) is 0 Å². The Labute approximate surface area is 262 Å². The lowest BCUT2D eigenvalue weighted by Gasteiger charge is -2.47. The number of hydrogen-bond acceptors (Lipinski definition) is 9. The van der Waals surface area contributed by atoms with E-state index in [9.17, 15) is 31.1 Å². The van der Waals surface area contributed by atoms with E-state index in [1.807, 2.05) is 4.90 Å². The second-order valence-corrected chi connectivity index (χ2v) is 15.7. The van der Waals surface area contributed by atoms with Crippen LogP contribution in [-0.4, -0.2) is 106 Å². The van der Waals surface area contributed by atoms with Gasteiger partial charge in [-0.05, 0) is 63.7 Å². The van der Waals surface area contributed by atoms with Gasteiger partial charge in [0.25, 0.3) is 0 Å². The third kappa shape index (κ3) is 8.81. The average molecular weight is 676 g/mol. The zero-order chi connectivity index (χ0) is 31.6. The highest BCUT2D eigenvalue weighted by molar-refractivity contribution is 7.96. The van der Waals surface area contributed by atoms with Crippen molar-refractivity contribution in [2.24, 2.45) is 5.92 Å². The molecule has 11 nitrogen and oxygen atoms in total. The molecule has 1 amide bonds. The molecule has 0 aromatic rings. The summed E-state index contributed by atoms with van der Waals surface area (Å²) in [5, 5.41) is 14.6. The van der Waals surface area contributed by atoms with Crippen molar-refractivity contribution in [1.82, 2.24) is 35.8 Å². The summed E-state index contributed by atoms with van der Waals surface area (Å²) in [6, 6.07) is -0.106. The Kier molecular flexibility index (Phi) is 11.5. The highest BCUT2D eigenvalue weighted by Crippen LogP contribution is 2.40. The van der Waals surface area contributed by atoms with Crippen LogP contribution in [0.4, 0.5) is 17.6 Å². The maximum absolute atomic E-state index is 13.8. The van der Waals surface area contributed by atoms with Crippen LogP contribution in [0.15, 0.2) is 0 Å². The lowest BCUT2D eigenvalue weighted by molar-refractivity contribution is -0.199. The van der Waals surface area contributed by atoms with E-state index in [4.69, 9.17) is 16.3 Å². The number of halogens is 5. The van der Waals surface area contributed by atoms with Crippen LogP contribution in [0.1, 0.15) is 71.1 Å². The number of carbonyl (C=O) groups excluding carboxylic acids is 1. The number of ether oxygens (including phenoxy) is 1. The van der Waals surface area contributed by atoms with E-state index < -0.39 is 58.9 Å². The molecule has 5 rings (SSSR count). The molecule has 3 saturated heterocycles. The molecule has 10 unspecified atom stereocenters. The topological polar surface area (TPSA) is 133 Å². The van der Waals surface area contributed by atoms with E-state index in [1.165, 1.54) is 0 Å². The van der Waals surface area contributed by atoms with Crippen LogP contribution < -0.4 is 26.6 Å². The molecule has 2 aliphatic carbocycles. The molecule has 5 N–H and O–H groups in total. The maximum Gasteiger partial charge on any atom is 0.411 e. The molecule has 10 atom stereocenters. The summed E-state index contributed by atoms with van der Waals surface area (Å²) in [4.78, 5) is 14.0. The molecular formula is C27H46ClF4N7O4S. The first-order valence-electron chi connectivity index (χ1n) is 15.8. The standard InChI is InChI=1S/C27H46ClF4N7O4S/c1-16(40)39-10-2-3-17-13-20(5-7-23(17)39)44(41,42)38-11-8-18(9-12-38)33-24-35-25(34-19-4-6-22(29)21(28)14-19)37-26(36-24)43-15-27(30,31)32/h17-26,33-37H,2-15H2,1H3. The van der Waals surface area contributed by atoms with E-state index in [2.05, 4.69) is 26.6 Å². The number of fused-ring (bicyclic) bond motifs is 1. The van der Waals surface area contributed by atoms with Crippen LogP contribution in [0.3, 0.4) is 0 Å². The summed E-state index contributed by atoms with van der Waals surface area (Å²) >= 11 is 6.12. The summed E-state index contributed by atoms with van der Waals surface area (Å²) in [5.74, 6) is 0.260. The average Bonchev–Trinajstić information content (AvgIpc) is 2.97. The molecule has 5 aliphatic rings. The predicted octanol–water partition coefficient (Wildman–Crippen LogP) is 2.06. The minimum absolute atomic E-state index is 0.0569. The lowest BCUT2D eigenvalue weighted by Crippen LogP contribution is -2.76. The van der Waals surface area contributed by atoms with Gasteiger partial charge in [0.2, 0.25) is 5.91 Å². The summed E-state index contributed by atoms with van der Waals surface area (Å²) in [7, 11) is -3.51. The van der Waals surface area contributed by atoms with Crippen molar-refractivity contribution in [2.45, 2.75) is 131 Å². The number of nitrogens with zero attached hydrogens (tertiary/aromatic N) is 2. The SMILES string of the molecule is CC(=O)N1CCCC2CC([S+](=O)([O-])N3CCC(NC4NC(NC5CCC(F)C(Cl)C5)NC(OCC(F)(F)F)N4)CC3)CCC21. The van der Waals surface area contributed by atoms with Crippen molar-refractivity contribution in [3.63, 3.8) is 0 Å². The molecule has 2 saturated carbocycles. The number of alkyl halides is 5. The van der Waals surface area contributed by atoms with Gasteiger partial charge in [0.15, 0.2) is 6.35 Å². The second kappa shape index (κ2) is 14.6. The van der Waals surface area contributed by atoms with E-state index in [1.54, 1.807) is 11.2 Å². The number of hydrogen-bond donors (Lipinski definition) is 5. The lowest BCUT2D eigenvalue weighted by atomic mass is 9.78. The first kappa shape index (κ1) is 34.6. The summed E-state index contributed by atoms with van der Waals surface area (Å²) in [6.07, 6.45) is -2.09. The van der Waals surface area contributed by atoms with Crippen molar-refractivity contribution in [2.75, 3.05) is 26.2 Å². The number of nitrogens with one attached hydrogen (secondary N) is 5. The second-order valence-electron chi connectivity index (χ2n) is 12.9. The molecule has 44 heavy (non-hydrogen) atoms. The first-order valence-corrected chi connectivity index (χ1v) is 17.8. The molecule has 254 valence electrons. The molecule has 0 radical (unpaired) electrons. The van der Waals surface area contributed by atoms with Gasteiger partial charge >= 0.3 is 6.18 Å². The molecular weight excluding hydrogens is 630 g/mol. The van der Waals surface area contributed by atoms with Crippen LogP contribution in [0, 0.1) is 5.92 Å². The highest BCUT2D eigenvalue weighted by atomic mass is 35.5. The third-order valence-corrected chi connectivity index (χ3v) is 12.6. The van der Waals surface area contributed by atoms with Crippen molar-refractivity contribution >= 4 is 27.9 Å². The van der Waals surface area contributed by atoms with Crippen molar-refractivity contribution in [3.05, 3.63) is 0 Å². The quantitative estimate of drug-likeness (QED) is 0.149. The van der Waals surface area contributed by atoms with Gasteiger partial charge < -0.3 is 14.2 Å². The Morgan fingerprint density at radius 1 is 0.977 bits per heavy atom. The Hall–Kier alpha value is -0.690. The van der Waals surface area contributed by atoms with Gasteiger partial charge in [-0.15, -0.1) is 15.9 Å². The number of carbonyl (C=O) groups is 1. The molecule has 3 heterocycles. The number of amides is 1. The van der Waals surface area contributed by atoms with E-state index in [0.29, 0.717) is 64.5 Å². The van der Waals surface area contributed by atoms with Crippen LogP contribution in [-0.2, 0) is 24.1 Å². The van der Waals surface area contributed by atoms with Crippen LogP contribution in [0.5, 0.6) is 0 Å². The Bertz CT molecular complexity index is 1030. The van der Waals surface area contributed by atoms with Gasteiger partial charge in [-0.25, -0.2) is 4.39 Å². The fourth-order valence-corrected chi connectivity index (χ4v) is 9.95. The highest BCUT2D eigenvalue weighted by Gasteiger charge is 2.47. The number of likely N-dealkylation sites (tertiary alicyclic amines) is 1. The van der Waals surface area contributed by atoms with Gasteiger partial charge in [-0.2, -0.15) is 13.2 Å². The Morgan fingerprint density at radius 2 is 1.66 bits per heavy atom. The molecule has 0 bridgehead atoms. The predicted molar refractivity (Wildman–Crippen MR) is 156 cm³/mol. The van der Waals surface area contributed by atoms with E-state index >= 15 is 0 Å². The van der Waals surface area contributed by atoms with Gasteiger partial charge in [0, 0.05) is 51.1 Å². The van der Waals surface area contributed by atoms with Gasteiger partial charge in [-0.1, -0.05) is 4.21 Å². The first-order chi connectivity index (χ1) is 20.8. The largest absolute Gasteiger partial charge is 0.597 e. The molecule has 0 aromatic heterocycles. The smallest absolute Gasteiger partial charge is 0.411 e. The van der Waals surface area contributed by atoms with Crippen LogP contribution >= 0.6 is 11.6 Å². The zero-order valence-corrected chi connectivity index (χ0v) is 26.6. The van der Waals surface area contributed by atoms with Crippen molar-refractivity contribution < 1.29 is 35.9 Å². The van der Waals surface area contributed by atoms with E-state index in [0.717, 1.165) is 19.4 Å². The molecule has 5 fully saturated rings.